The SMILES string of the molecule is O=C1CCN(C(=O)CCOCC(F)F)CC1. The summed E-state index contributed by atoms with van der Waals surface area (Å²) in [6.07, 6.45) is -1.61. The van der Waals surface area contributed by atoms with Crippen molar-refractivity contribution in [3.05, 3.63) is 0 Å². The minimum atomic E-state index is -2.50. The number of rotatable bonds is 5. The smallest absolute Gasteiger partial charge is 0.261 e. The average molecular weight is 235 g/mol. The van der Waals surface area contributed by atoms with Crippen molar-refractivity contribution in [3.8, 4) is 0 Å². The number of halogens is 2. The molecule has 1 saturated heterocycles. The van der Waals surface area contributed by atoms with Crippen LogP contribution >= 0.6 is 0 Å². The summed E-state index contributed by atoms with van der Waals surface area (Å²) in [5, 5.41) is 0. The highest BCUT2D eigenvalue weighted by atomic mass is 19.3. The van der Waals surface area contributed by atoms with Crippen molar-refractivity contribution < 1.29 is 23.1 Å². The van der Waals surface area contributed by atoms with Gasteiger partial charge >= 0.3 is 0 Å². The number of Topliss-reactive ketones (excluding diaryl/α,β-unsaturated/α-hetero) is 1. The maximum Gasteiger partial charge on any atom is 0.261 e. The van der Waals surface area contributed by atoms with Crippen molar-refractivity contribution >= 4 is 11.7 Å². The zero-order valence-electron chi connectivity index (χ0n) is 8.95. The number of piperidine rings is 1. The Bertz CT molecular complexity index is 248. The summed E-state index contributed by atoms with van der Waals surface area (Å²) < 4.78 is 28.0. The van der Waals surface area contributed by atoms with Gasteiger partial charge in [0.2, 0.25) is 5.91 Å². The Balaban J connectivity index is 2.12. The second-order valence-corrected chi connectivity index (χ2v) is 3.64. The van der Waals surface area contributed by atoms with Crippen LogP contribution in [0.5, 0.6) is 0 Å². The molecular formula is C10H15F2NO3. The Hall–Kier alpha value is -1.04. The number of ether oxygens (including phenoxy) is 1. The van der Waals surface area contributed by atoms with Gasteiger partial charge < -0.3 is 9.64 Å². The molecule has 92 valence electrons. The van der Waals surface area contributed by atoms with Crippen LogP contribution < -0.4 is 0 Å². The number of likely N-dealkylation sites (tertiary alicyclic amines) is 1. The number of hydrogen-bond donors (Lipinski definition) is 0. The molecule has 0 bridgehead atoms. The van der Waals surface area contributed by atoms with Gasteiger partial charge in [-0.25, -0.2) is 8.78 Å². The minimum absolute atomic E-state index is 0.00756. The number of carbonyl (C=O) groups excluding carboxylic acids is 2. The number of amides is 1. The lowest BCUT2D eigenvalue weighted by molar-refractivity contribution is -0.135. The molecule has 0 spiro atoms. The van der Waals surface area contributed by atoms with E-state index in [4.69, 9.17) is 0 Å². The molecule has 0 aromatic rings. The summed E-state index contributed by atoms with van der Waals surface area (Å²) in [4.78, 5) is 24.0. The second kappa shape index (κ2) is 6.52. The van der Waals surface area contributed by atoms with Gasteiger partial charge in [-0.05, 0) is 0 Å². The van der Waals surface area contributed by atoms with Gasteiger partial charge in [0.1, 0.15) is 12.4 Å². The van der Waals surface area contributed by atoms with Crippen molar-refractivity contribution in [1.29, 1.82) is 0 Å². The zero-order valence-corrected chi connectivity index (χ0v) is 8.95. The van der Waals surface area contributed by atoms with Gasteiger partial charge in [0, 0.05) is 25.9 Å². The summed E-state index contributed by atoms with van der Waals surface area (Å²) in [5.41, 5.74) is 0. The third kappa shape index (κ3) is 4.65. The molecule has 1 heterocycles. The highest BCUT2D eigenvalue weighted by molar-refractivity contribution is 5.83. The van der Waals surface area contributed by atoms with Gasteiger partial charge in [-0.15, -0.1) is 0 Å². The lowest BCUT2D eigenvalue weighted by atomic mass is 10.1. The van der Waals surface area contributed by atoms with Crippen molar-refractivity contribution in [3.63, 3.8) is 0 Å². The first kappa shape index (κ1) is 13.0. The minimum Gasteiger partial charge on any atom is -0.375 e. The first-order valence-electron chi connectivity index (χ1n) is 5.25. The van der Waals surface area contributed by atoms with Crippen LogP contribution in [0, 0.1) is 0 Å². The summed E-state index contributed by atoms with van der Waals surface area (Å²) in [7, 11) is 0. The molecule has 0 aromatic carbocycles. The van der Waals surface area contributed by atoms with E-state index in [0.29, 0.717) is 25.9 Å². The Kier molecular flexibility index (Phi) is 5.31. The molecule has 0 unspecified atom stereocenters. The van der Waals surface area contributed by atoms with Crippen LogP contribution in [0.3, 0.4) is 0 Å². The first-order chi connectivity index (χ1) is 7.59. The predicted octanol–water partition coefficient (Wildman–Crippen LogP) is 0.850. The molecule has 0 aliphatic carbocycles. The van der Waals surface area contributed by atoms with E-state index in [0.717, 1.165) is 0 Å². The zero-order chi connectivity index (χ0) is 12.0. The van der Waals surface area contributed by atoms with Crippen molar-refractivity contribution in [1.82, 2.24) is 4.90 Å². The van der Waals surface area contributed by atoms with Crippen LogP contribution in [0.1, 0.15) is 19.3 Å². The number of nitrogens with zero attached hydrogens (tertiary/aromatic N) is 1. The van der Waals surface area contributed by atoms with E-state index in [2.05, 4.69) is 4.74 Å². The summed E-state index contributed by atoms with van der Waals surface area (Å²) in [6.45, 7) is 0.248. The Morgan fingerprint density at radius 3 is 2.56 bits per heavy atom. The lowest BCUT2D eigenvalue weighted by Crippen LogP contribution is -2.39. The first-order valence-corrected chi connectivity index (χ1v) is 5.25. The van der Waals surface area contributed by atoms with Gasteiger partial charge in [0.25, 0.3) is 6.43 Å². The number of hydrogen-bond acceptors (Lipinski definition) is 3. The normalized spacial score (nSPS) is 16.9. The second-order valence-electron chi connectivity index (χ2n) is 3.64. The van der Waals surface area contributed by atoms with Crippen LogP contribution in [0.15, 0.2) is 0 Å². The van der Waals surface area contributed by atoms with Crippen LogP contribution in [0.25, 0.3) is 0 Å². The molecule has 0 atom stereocenters. The van der Waals surface area contributed by atoms with Gasteiger partial charge in [-0.2, -0.15) is 0 Å². The van der Waals surface area contributed by atoms with E-state index in [1.54, 1.807) is 4.90 Å². The molecule has 6 heteroatoms. The predicted molar refractivity (Wildman–Crippen MR) is 52.3 cm³/mol. The standard InChI is InChI=1S/C10H15F2NO3/c11-9(12)7-16-6-3-10(15)13-4-1-8(14)2-5-13/h9H,1-7H2. The Morgan fingerprint density at radius 1 is 1.38 bits per heavy atom. The highest BCUT2D eigenvalue weighted by Crippen LogP contribution is 2.07. The molecule has 16 heavy (non-hydrogen) atoms. The van der Waals surface area contributed by atoms with Crippen molar-refractivity contribution in [2.24, 2.45) is 0 Å². The summed E-state index contributed by atoms with van der Waals surface area (Å²) in [6, 6.07) is 0. The van der Waals surface area contributed by atoms with Crippen LogP contribution in [-0.4, -0.2) is 49.3 Å². The number of carbonyl (C=O) groups is 2. The summed E-state index contributed by atoms with van der Waals surface area (Å²) >= 11 is 0. The average Bonchev–Trinajstić information content (AvgIpc) is 2.25. The summed E-state index contributed by atoms with van der Waals surface area (Å²) in [5.74, 6) is 0.0276. The maximum absolute atomic E-state index is 11.7. The van der Waals surface area contributed by atoms with Crippen LogP contribution in [0.2, 0.25) is 0 Å². The molecule has 1 amide bonds. The van der Waals surface area contributed by atoms with Crippen LogP contribution in [-0.2, 0) is 14.3 Å². The fraction of sp³-hybridized carbons (Fsp3) is 0.800. The lowest BCUT2D eigenvalue weighted by Gasteiger charge is -2.25. The molecule has 1 fully saturated rings. The largest absolute Gasteiger partial charge is 0.375 e. The third-order valence-corrected chi connectivity index (χ3v) is 2.38. The molecule has 4 nitrogen and oxygen atoms in total. The molecular weight excluding hydrogens is 220 g/mol. The molecule has 0 radical (unpaired) electrons. The maximum atomic E-state index is 11.7. The van der Waals surface area contributed by atoms with Gasteiger partial charge in [0.05, 0.1) is 13.0 Å². The monoisotopic (exact) mass is 235 g/mol. The fourth-order valence-corrected chi connectivity index (χ4v) is 1.50. The Labute approximate surface area is 92.5 Å². The number of ketones is 1. The van der Waals surface area contributed by atoms with Gasteiger partial charge in [-0.3, -0.25) is 9.59 Å². The third-order valence-electron chi connectivity index (χ3n) is 2.38. The topological polar surface area (TPSA) is 46.6 Å². The van der Waals surface area contributed by atoms with E-state index in [1.165, 1.54) is 0 Å². The van der Waals surface area contributed by atoms with E-state index in [9.17, 15) is 18.4 Å². The van der Waals surface area contributed by atoms with E-state index in [-0.39, 0.29) is 24.7 Å². The quantitative estimate of drug-likeness (QED) is 0.664. The van der Waals surface area contributed by atoms with Gasteiger partial charge in [-0.1, -0.05) is 0 Å². The van der Waals surface area contributed by atoms with Crippen molar-refractivity contribution in [2.75, 3.05) is 26.3 Å². The Morgan fingerprint density at radius 2 is 2.00 bits per heavy atom. The van der Waals surface area contributed by atoms with E-state index < -0.39 is 13.0 Å². The molecule has 0 aromatic heterocycles. The molecule has 0 saturated carbocycles. The fourth-order valence-electron chi connectivity index (χ4n) is 1.50. The van der Waals surface area contributed by atoms with Crippen molar-refractivity contribution in [2.45, 2.75) is 25.7 Å². The van der Waals surface area contributed by atoms with E-state index in [1.807, 2.05) is 0 Å². The highest BCUT2D eigenvalue weighted by Gasteiger charge is 2.20. The molecule has 1 aliphatic rings. The van der Waals surface area contributed by atoms with E-state index >= 15 is 0 Å². The molecule has 1 aliphatic heterocycles. The van der Waals surface area contributed by atoms with Gasteiger partial charge in [0.15, 0.2) is 0 Å². The number of alkyl halides is 2. The molecule has 0 N–H and O–H groups in total. The van der Waals surface area contributed by atoms with Crippen LogP contribution in [0.4, 0.5) is 8.78 Å². The molecule has 1 rings (SSSR count).